The van der Waals surface area contributed by atoms with Gasteiger partial charge in [0.25, 0.3) is 5.91 Å². The van der Waals surface area contributed by atoms with E-state index in [0.717, 1.165) is 49.1 Å². The second-order valence-corrected chi connectivity index (χ2v) is 14.9. The van der Waals surface area contributed by atoms with E-state index in [1.165, 1.54) is 25.7 Å². The lowest BCUT2D eigenvalue weighted by atomic mass is 9.86. The fourth-order valence-electron chi connectivity index (χ4n) is 7.53. The number of aromatic nitrogens is 3. The normalized spacial score (nSPS) is 19.1. The first-order valence-electron chi connectivity index (χ1n) is 17.7. The lowest BCUT2D eigenvalue weighted by molar-refractivity contribution is -0.132. The molecule has 4 aromatic rings. The Bertz CT molecular complexity index is 1890. The van der Waals surface area contributed by atoms with E-state index in [-0.39, 0.29) is 11.8 Å². The van der Waals surface area contributed by atoms with E-state index in [2.05, 4.69) is 29.0 Å². The van der Waals surface area contributed by atoms with Crippen molar-refractivity contribution < 1.29 is 14.0 Å². The highest BCUT2D eigenvalue weighted by Crippen LogP contribution is 2.42. The van der Waals surface area contributed by atoms with Crippen molar-refractivity contribution in [2.75, 3.05) is 32.0 Å². The van der Waals surface area contributed by atoms with Crippen LogP contribution in [0, 0.1) is 5.92 Å². The number of anilines is 1. The van der Waals surface area contributed by atoms with Crippen LogP contribution in [0.1, 0.15) is 79.4 Å². The Labute approximate surface area is 303 Å². The van der Waals surface area contributed by atoms with Gasteiger partial charge in [0.15, 0.2) is 5.82 Å². The Morgan fingerprint density at radius 2 is 1.68 bits per heavy atom. The molecule has 0 saturated heterocycles. The van der Waals surface area contributed by atoms with Crippen LogP contribution in [0.3, 0.4) is 0 Å². The maximum absolute atomic E-state index is 13.7. The molecule has 4 heterocycles. The standard InChI is InChI=1S/C38H45Cl2N7O3/c1-5-44(3)18-17-33(48)47-21-30-32(22-47)50-38(43-30)27-10-6-8-25(34(27)39)26-9-7-11-28(35(26)40)42-37(49)36-41-29-20-46(19-16-31(29)45(36)4)24-14-12-23(2)13-15-24/h6-11,23-24H,5,12-22H2,1-4H3,(H,42,49). The lowest BCUT2D eigenvalue weighted by Gasteiger charge is -2.38. The number of carbonyl (C=O) groups excluding carboxylic acids is 2. The highest BCUT2D eigenvalue weighted by Gasteiger charge is 2.32. The summed E-state index contributed by atoms with van der Waals surface area (Å²) in [7, 11) is 3.92. The number of nitrogens with zero attached hydrogens (tertiary/aromatic N) is 6. The van der Waals surface area contributed by atoms with Crippen LogP contribution in [0.2, 0.25) is 10.0 Å². The molecule has 2 aromatic carbocycles. The fraction of sp³-hybridized carbons (Fsp3) is 0.474. The Balaban J connectivity index is 1.06. The van der Waals surface area contributed by atoms with Gasteiger partial charge in [-0.15, -0.1) is 0 Å². The zero-order chi connectivity index (χ0) is 35.1. The molecule has 264 valence electrons. The topological polar surface area (TPSA) is 99.7 Å². The predicted octanol–water partition coefficient (Wildman–Crippen LogP) is 7.42. The van der Waals surface area contributed by atoms with Crippen LogP contribution in [0.5, 0.6) is 0 Å². The lowest BCUT2D eigenvalue weighted by Crippen LogP contribution is -2.41. The Hall–Kier alpha value is -3.70. The number of hydrogen-bond acceptors (Lipinski definition) is 7. The molecule has 1 aliphatic carbocycles. The maximum Gasteiger partial charge on any atom is 0.291 e. The van der Waals surface area contributed by atoms with E-state index < -0.39 is 0 Å². The number of amides is 2. The first-order chi connectivity index (χ1) is 24.1. The van der Waals surface area contributed by atoms with Gasteiger partial charge < -0.3 is 24.1 Å². The van der Waals surface area contributed by atoms with Crippen molar-refractivity contribution in [3.05, 3.63) is 75.1 Å². The van der Waals surface area contributed by atoms with E-state index in [0.29, 0.717) is 82.0 Å². The minimum Gasteiger partial charge on any atom is -0.439 e. The molecule has 12 heteroatoms. The molecule has 0 unspecified atom stereocenters. The van der Waals surface area contributed by atoms with Gasteiger partial charge in [0.2, 0.25) is 11.8 Å². The Morgan fingerprint density at radius 1 is 0.960 bits per heavy atom. The van der Waals surface area contributed by atoms with Crippen molar-refractivity contribution in [2.24, 2.45) is 13.0 Å². The summed E-state index contributed by atoms with van der Waals surface area (Å²) in [6.45, 7) is 8.60. The molecule has 3 aliphatic rings. The van der Waals surface area contributed by atoms with E-state index >= 15 is 0 Å². The van der Waals surface area contributed by atoms with Gasteiger partial charge in [0.05, 0.1) is 40.1 Å². The number of oxazole rings is 1. The Kier molecular flexibility index (Phi) is 10.1. The first-order valence-corrected chi connectivity index (χ1v) is 18.5. The SMILES string of the molecule is CCN(C)CCC(=O)N1Cc2nc(-c3cccc(-c4cccc(NC(=O)c5nc6c(n5C)CCN(C5CCC(C)CC5)C6)c4Cl)c3Cl)oc2C1. The molecule has 0 spiro atoms. The molecular weight excluding hydrogens is 673 g/mol. The number of benzene rings is 2. The van der Waals surface area contributed by atoms with Gasteiger partial charge in [0, 0.05) is 62.4 Å². The Morgan fingerprint density at radius 3 is 2.42 bits per heavy atom. The van der Waals surface area contributed by atoms with Crippen LogP contribution in [0.15, 0.2) is 40.8 Å². The van der Waals surface area contributed by atoms with Crippen LogP contribution in [0.25, 0.3) is 22.6 Å². The van der Waals surface area contributed by atoms with Crippen LogP contribution < -0.4 is 5.32 Å². The number of nitrogens with one attached hydrogen (secondary N) is 1. The molecule has 2 aliphatic heterocycles. The summed E-state index contributed by atoms with van der Waals surface area (Å²) in [6.07, 6.45) is 6.36. The maximum atomic E-state index is 13.7. The molecule has 1 N–H and O–H groups in total. The second-order valence-electron chi connectivity index (χ2n) is 14.1. The number of halogens is 2. The van der Waals surface area contributed by atoms with Crippen molar-refractivity contribution in [3.8, 4) is 22.6 Å². The minimum atomic E-state index is -0.307. The predicted molar refractivity (Wildman–Crippen MR) is 196 cm³/mol. The average molecular weight is 719 g/mol. The van der Waals surface area contributed by atoms with Crippen LogP contribution in [0.4, 0.5) is 5.69 Å². The van der Waals surface area contributed by atoms with E-state index in [9.17, 15) is 9.59 Å². The summed E-state index contributed by atoms with van der Waals surface area (Å²) < 4.78 is 8.08. The van der Waals surface area contributed by atoms with Crippen LogP contribution >= 0.6 is 23.2 Å². The molecule has 1 fully saturated rings. The molecule has 1 saturated carbocycles. The van der Waals surface area contributed by atoms with Crippen molar-refractivity contribution >= 4 is 40.7 Å². The number of hydrogen-bond donors (Lipinski definition) is 1. The summed E-state index contributed by atoms with van der Waals surface area (Å²) in [6, 6.07) is 11.7. The minimum absolute atomic E-state index is 0.0835. The number of rotatable bonds is 9. The third-order valence-electron chi connectivity index (χ3n) is 10.8. The summed E-state index contributed by atoms with van der Waals surface area (Å²) in [5, 5.41) is 3.82. The molecule has 2 amide bonds. The van der Waals surface area contributed by atoms with Gasteiger partial charge in [-0.3, -0.25) is 14.5 Å². The van der Waals surface area contributed by atoms with Crippen molar-refractivity contribution in [2.45, 2.75) is 78.0 Å². The van der Waals surface area contributed by atoms with Gasteiger partial charge in [-0.2, -0.15) is 0 Å². The molecule has 10 nitrogen and oxygen atoms in total. The molecule has 50 heavy (non-hydrogen) atoms. The average Bonchev–Trinajstić information content (AvgIpc) is 3.80. The molecule has 2 aromatic heterocycles. The van der Waals surface area contributed by atoms with Gasteiger partial charge in [0.1, 0.15) is 11.5 Å². The number of imidazole rings is 1. The monoisotopic (exact) mass is 717 g/mol. The molecule has 7 rings (SSSR count). The molecule has 0 bridgehead atoms. The summed E-state index contributed by atoms with van der Waals surface area (Å²) in [4.78, 5) is 42.4. The highest BCUT2D eigenvalue weighted by molar-refractivity contribution is 6.39. The van der Waals surface area contributed by atoms with Gasteiger partial charge in [-0.1, -0.05) is 61.3 Å². The molecular formula is C38H45Cl2N7O3. The summed E-state index contributed by atoms with van der Waals surface area (Å²) >= 11 is 14.0. The smallest absolute Gasteiger partial charge is 0.291 e. The van der Waals surface area contributed by atoms with Crippen LogP contribution in [-0.2, 0) is 37.9 Å². The van der Waals surface area contributed by atoms with Crippen LogP contribution in [-0.4, -0.2) is 73.8 Å². The van der Waals surface area contributed by atoms with E-state index in [4.69, 9.17) is 37.6 Å². The zero-order valence-electron chi connectivity index (χ0n) is 29.3. The number of carbonyl (C=O) groups is 2. The zero-order valence-corrected chi connectivity index (χ0v) is 30.8. The van der Waals surface area contributed by atoms with Crippen molar-refractivity contribution in [1.29, 1.82) is 0 Å². The first kappa shape index (κ1) is 34.7. The van der Waals surface area contributed by atoms with E-state index in [1.54, 1.807) is 11.0 Å². The quantitative estimate of drug-likeness (QED) is 0.192. The third-order valence-corrected chi connectivity index (χ3v) is 11.6. The van der Waals surface area contributed by atoms with Gasteiger partial charge in [-0.05, 0) is 57.3 Å². The van der Waals surface area contributed by atoms with Gasteiger partial charge >= 0.3 is 0 Å². The molecule has 0 atom stereocenters. The number of fused-ring (bicyclic) bond motifs is 2. The fourth-order valence-corrected chi connectivity index (χ4v) is 8.11. The largest absolute Gasteiger partial charge is 0.439 e. The van der Waals surface area contributed by atoms with Crippen molar-refractivity contribution in [3.63, 3.8) is 0 Å². The van der Waals surface area contributed by atoms with E-state index in [1.807, 2.05) is 49.0 Å². The third kappa shape index (κ3) is 6.83. The molecule has 0 radical (unpaired) electrons. The summed E-state index contributed by atoms with van der Waals surface area (Å²) in [5.74, 6) is 2.04. The summed E-state index contributed by atoms with van der Waals surface area (Å²) in [5.41, 5.74) is 5.30. The van der Waals surface area contributed by atoms with Gasteiger partial charge in [-0.25, -0.2) is 9.97 Å². The highest BCUT2D eigenvalue weighted by atomic mass is 35.5. The second kappa shape index (κ2) is 14.5. The van der Waals surface area contributed by atoms with Crippen molar-refractivity contribution in [1.82, 2.24) is 29.2 Å².